The van der Waals surface area contributed by atoms with Gasteiger partial charge in [0.1, 0.15) is 12.1 Å². The molecule has 1 aliphatic rings. The maximum absolute atomic E-state index is 13.1. The zero-order valence-corrected chi connectivity index (χ0v) is 19.0. The SMILES string of the molecule is CC(C)C[C@H](NC(=O)CN)C(=O)NC1CCCN(S(=O)(=O)c2ccccc2C#N)CC1=O. The molecular formula is C21H29N5O5S. The van der Waals surface area contributed by atoms with Crippen molar-refractivity contribution in [2.24, 2.45) is 11.7 Å². The molecule has 1 fully saturated rings. The van der Waals surface area contributed by atoms with Gasteiger partial charge in [-0.1, -0.05) is 26.0 Å². The highest BCUT2D eigenvalue weighted by Gasteiger charge is 2.35. The van der Waals surface area contributed by atoms with E-state index in [9.17, 15) is 28.1 Å². The van der Waals surface area contributed by atoms with Crippen molar-refractivity contribution in [2.75, 3.05) is 19.6 Å². The predicted molar refractivity (Wildman–Crippen MR) is 117 cm³/mol. The van der Waals surface area contributed by atoms with E-state index in [-0.39, 0.29) is 35.9 Å². The van der Waals surface area contributed by atoms with E-state index in [1.165, 1.54) is 18.2 Å². The van der Waals surface area contributed by atoms with E-state index < -0.39 is 46.2 Å². The van der Waals surface area contributed by atoms with Crippen LogP contribution < -0.4 is 16.4 Å². The Hall–Kier alpha value is -2.81. The maximum atomic E-state index is 13.1. The van der Waals surface area contributed by atoms with Crippen LogP contribution >= 0.6 is 0 Å². The Labute approximate surface area is 188 Å². The monoisotopic (exact) mass is 463 g/mol. The van der Waals surface area contributed by atoms with Crippen LogP contribution in [0.4, 0.5) is 0 Å². The van der Waals surface area contributed by atoms with Crippen LogP contribution in [0, 0.1) is 17.2 Å². The average molecular weight is 464 g/mol. The van der Waals surface area contributed by atoms with Crippen molar-refractivity contribution >= 4 is 27.6 Å². The molecule has 11 heteroatoms. The number of nitriles is 1. The minimum atomic E-state index is -4.06. The van der Waals surface area contributed by atoms with Gasteiger partial charge >= 0.3 is 0 Å². The molecule has 0 aliphatic carbocycles. The molecular weight excluding hydrogens is 434 g/mol. The molecule has 2 amide bonds. The van der Waals surface area contributed by atoms with Crippen LogP contribution in [-0.4, -0.2) is 62.0 Å². The summed E-state index contributed by atoms with van der Waals surface area (Å²) in [5.41, 5.74) is 5.32. The Kier molecular flexibility index (Phi) is 8.89. The lowest BCUT2D eigenvalue weighted by molar-refractivity contribution is -0.131. The number of ketones is 1. The van der Waals surface area contributed by atoms with Crippen LogP contribution in [0.25, 0.3) is 0 Å². The van der Waals surface area contributed by atoms with Crippen LogP contribution in [0.2, 0.25) is 0 Å². The molecule has 2 rings (SSSR count). The van der Waals surface area contributed by atoms with Crippen LogP contribution in [0.5, 0.6) is 0 Å². The van der Waals surface area contributed by atoms with Gasteiger partial charge in [-0.25, -0.2) is 8.42 Å². The zero-order chi connectivity index (χ0) is 23.9. The van der Waals surface area contributed by atoms with Crippen molar-refractivity contribution in [1.29, 1.82) is 5.26 Å². The topological polar surface area (TPSA) is 162 Å². The summed E-state index contributed by atoms with van der Waals surface area (Å²) >= 11 is 0. The van der Waals surface area contributed by atoms with E-state index in [1.54, 1.807) is 6.07 Å². The Morgan fingerprint density at radius 3 is 2.62 bits per heavy atom. The smallest absolute Gasteiger partial charge is 0.244 e. The normalized spacial score (nSPS) is 18.5. The molecule has 0 radical (unpaired) electrons. The van der Waals surface area contributed by atoms with Gasteiger partial charge in [-0.3, -0.25) is 14.4 Å². The second-order valence-corrected chi connectivity index (χ2v) is 9.98. The number of benzene rings is 1. The summed E-state index contributed by atoms with van der Waals surface area (Å²) in [6.45, 7) is 3.19. The molecule has 1 saturated heterocycles. The number of nitrogens with one attached hydrogen (secondary N) is 2. The maximum Gasteiger partial charge on any atom is 0.244 e. The second kappa shape index (κ2) is 11.2. The van der Waals surface area contributed by atoms with Gasteiger partial charge in [-0.2, -0.15) is 9.57 Å². The molecule has 1 unspecified atom stereocenters. The van der Waals surface area contributed by atoms with Gasteiger partial charge in [0.15, 0.2) is 5.78 Å². The predicted octanol–water partition coefficient (Wildman–Crippen LogP) is -0.114. The van der Waals surface area contributed by atoms with Gasteiger partial charge in [-0.15, -0.1) is 0 Å². The molecule has 0 aromatic heterocycles. The summed E-state index contributed by atoms with van der Waals surface area (Å²) in [6.07, 6.45) is 0.967. The summed E-state index contributed by atoms with van der Waals surface area (Å²) in [5, 5.41) is 14.5. The molecule has 0 bridgehead atoms. The van der Waals surface area contributed by atoms with Gasteiger partial charge in [0.25, 0.3) is 0 Å². The first-order chi connectivity index (χ1) is 15.1. The fourth-order valence-corrected chi connectivity index (χ4v) is 5.09. The molecule has 0 saturated carbocycles. The molecule has 174 valence electrons. The lowest BCUT2D eigenvalue weighted by atomic mass is 10.0. The number of hydrogen-bond donors (Lipinski definition) is 3. The van der Waals surface area contributed by atoms with E-state index >= 15 is 0 Å². The van der Waals surface area contributed by atoms with Crippen LogP contribution in [-0.2, 0) is 24.4 Å². The number of carbonyl (C=O) groups excluding carboxylic acids is 3. The van der Waals surface area contributed by atoms with Gasteiger partial charge in [-0.05, 0) is 37.3 Å². The average Bonchev–Trinajstić information content (AvgIpc) is 2.94. The summed E-state index contributed by atoms with van der Waals surface area (Å²) in [6, 6.07) is 5.95. The van der Waals surface area contributed by atoms with E-state index in [0.29, 0.717) is 12.8 Å². The number of Topliss-reactive ketones (excluding diaryl/α,β-unsaturated/α-hetero) is 1. The van der Waals surface area contributed by atoms with Crippen molar-refractivity contribution in [1.82, 2.24) is 14.9 Å². The van der Waals surface area contributed by atoms with Crippen molar-refractivity contribution in [3.05, 3.63) is 29.8 Å². The summed E-state index contributed by atoms with van der Waals surface area (Å²) in [7, 11) is -4.06. The van der Waals surface area contributed by atoms with Crippen molar-refractivity contribution in [2.45, 2.75) is 50.1 Å². The number of nitrogens with two attached hydrogens (primary N) is 1. The number of rotatable bonds is 8. The third-order valence-electron chi connectivity index (χ3n) is 5.11. The fourth-order valence-electron chi connectivity index (χ4n) is 3.51. The standard InChI is InChI=1S/C21H29N5O5S/c1-14(2)10-17(24-20(28)12-23)21(29)25-16-7-5-9-26(13-18(16)27)32(30,31)19-8-4-3-6-15(19)11-22/h3-4,6,8,14,16-17H,5,7,9-10,12-13,23H2,1-2H3,(H,24,28)(H,25,29)/t16?,17-/m0/s1. The lowest BCUT2D eigenvalue weighted by Gasteiger charge is -2.23. The molecule has 1 aromatic carbocycles. The number of hydrogen-bond acceptors (Lipinski definition) is 7. The van der Waals surface area contributed by atoms with E-state index in [2.05, 4.69) is 10.6 Å². The molecule has 10 nitrogen and oxygen atoms in total. The molecule has 4 N–H and O–H groups in total. The van der Waals surface area contributed by atoms with Crippen molar-refractivity contribution in [3.63, 3.8) is 0 Å². The van der Waals surface area contributed by atoms with Crippen molar-refractivity contribution in [3.8, 4) is 6.07 Å². The van der Waals surface area contributed by atoms with Crippen molar-refractivity contribution < 1.29 is 22.8 Å². The van der Waals surface area contributed by atoms with Gasteiger partial charge < -0.3 is 16.4 Å². The van der Waals surface area contributed by atoms with E-state index in [1.807, 2.05) is 19.9 Å². The highest BCUT2D eigenvalue weighted by Crippen LogP contribution is 2.22. The molecule has 1 heterocycles. The third kappa shape index (κ3) is 6.35. The largest absolute Gasteiger partial charge is 0.344 e. The molecule has 2 atom stereocenters. The highest BCUT2D eigenvalue weighted by molar-refractivity contribution is 7.89. The van der Waals surface area contributed by atoms with E-state index in [0.717, 1.165) is 4.31 Å². The van der Waals surface area contributed by atoms with Gasteiger partial charge in [0, 0.05) is 6.54 Å². The number of nitrogens with zero attached hydrogens (tertiary/aromatic N) is 2. The number of amides is 2. The fraction of sp³-hybridized carbons (Fsp3) is 0.524. The molecule has 0 spiro atoms. The van der Waals surface area contributed by atoms with Crippen LogP contribution in [0.15, 0.2) is 29.2 Å². The Morgan fingerprint density at radius 1 is 1.31 bits per heavy atom. The van der Waals surface area contributed by atoms with Gasteiger partial charge in [0.2, 0.25) is 21.8 Å². The molecule has 1 aliphatic heterocycles. The summed E-state index contributed by atoms with van der Waals surface area (Å²) < 4.78 is 27.1. The first-order valence-electron chi connectivity index (χ1n) is 10.4. The van der Waals surface area contributed by atoms with Gasteiger partial charge in [0.05, 0.1) is 29.6 Å². The summed E-state index contributed by atoms with van der Waals surface area (Å²) in [5.74, 6) is -1.34. The Bertz CT molecular complexity index is 1000. The van der Waals surface area contributed by atoms with Crippen LogP contribution in [0.1, 0.15) is 38.7 Å². The first-order valence-corrected chi connectivity index (χ1v) is 11.9. The Balaban J connectivity index is 2.15. The minimum Gasteiger partial charge on any atom is -0.344 e. The zero-order valence-electron chi connectivity index (χ0n) is 18.2. The lowest BCUT2D eigenvalue weighted by Crippen LogP contribution is -2.53. The number of sulfonamides is 1. The quantitative estimate of drug-likeness (QED) is 0.484. The highest BCUT2D eigenvalue weighted by atomic mass is 32.2. The van der Waals surface area contributed by atoms with Crippen LogP contribution in [0.3, 0.4) is 0 Å². The minimum absolute atomic E-state index is 0.00113. The third-order valence-corrected chi connectivity index (χ3v) is 7.01. The van der Waals surface area contributed by atoms with E-state index in [4.69, 9.17) is 5.73 Å². The second-order valence-electron chi connectivity index (χ2n) is 8.07. The number of carbonyl (C=O) groups is 3. The summed E-state index contributed by atoms with van der Waals surface area (Å²) in [4.78, 5) is 37.1. The Morgan fingerprint density at radius 2 is 2.00 bits per heavy atom. The molecule has 32 heavy (non-hydrogen) atoms. The first kappa shape index (κ1) is 25.5. The molecule has 1 aromatic rings.